The van der Waals surface area contributed by atoms with Crippen LogP contribution in [-0.4, -0.2) is 16.7 Å². The molecular weight excluding hydrogens is 221 g/mol. The summed E-state index contributed by atoms with van der Waals surface area (Å²) < 4.78 is 18.0. The Labute approximate surface area is 98.2 Å². The van der Waals surface area contributed by atoms with Gasteiger partial charge in [-0.25, -0.2) is 4.39 Å². The van der Waals surface area contributed by atoms with Crippen LogP contribution in [0.15, 0.2) is 41.4 Å². The molecule has 0 atom stereocenters. The minimum Gasteiger partial charge on any atom is -0.338 e. The fraction of sp³-hybridized carbons (Fsp3) is 0.167. The molecule has 0 saturated carbocycles. The first-order valence-electron chi connectivity index (χ1n) is 5.20. The van der Waals surface area contributed by atoms with Gasteiger partial charge < -0.3 is 9.84 Å². The zero-order valence-corrected chi connectivity index (χ0v) is 9.19. The van der Waals surface area contributed by atoms with Crippen LogP contribution >= 0.6 is 0 Å². The van der Waals surface area contributed by atoms with Crippen molar-refractivity contribution in [1.29, 1.82) is 0 Å². The van der Waals surface area contributed by atoms with Crippen molar-refractivity contribution in [2.45, 2.75) is 6.54 Å². The maximum absolute atomic E-state index is 13.0. The van der Waals surface area contributed by atoms with Gasteiger partial charge in [0.1, 0.15) is 5.82 Å². The molecule has 1 heterocycles. The molecule has 88 valence electrons. The van der Waals surface area contributed by atoms with Gasteiger partial charge >= 0.3 is 0 Å². The first-order chi connectivity index (χ1) is 8.29. The van der Waals surface area contributed by atoms with Crippen LogP contribution in [0, 0.1) is 5.82 Å². The second-order valence-corrected chi connectivity index (χ2v) is 3.44. The Hall–Kier alpha value is -2.01. The van der Waals surface area contributed by atoms with Crippen LogP contribution in [0.5, 0.6) is 0 Å². The van der Waals surface area contributed by atoms with E-state index in [1.165, 1.54) is 12.1 Å². The van der Waals surface area contributed by atoms with Gasteiger partial charge in [-0.3, -0.25) is 0 Å². The standard InChI is InChI=1S/C12H12FN3O/c1-2-6-14-8-11-15-12(16-17-11)9-4-3-5-10(13)7-9/h2-5,7,14H,1,6,8H2. The summed E-state index contributed by atoms with van der Waals surface area (Å²) in [6, 6.07) is 6.08. The first-order valence-corrected chi connectivity index (χ1v) is 5.20. The summed E-state index contributed by atoms with van der Waals surface area (Å²) in [4.78, 5) is 4.15. The smallest absolute Gasteiger partial charge is 0.240 e. The van der Waals surface area contributed by atoms with Crippen molar-refractivity contribution < 1.29 is 8.91 Å². The van der Waals surface area contributed by atoms with Crippen molar-refractivity contribution >= 4 is 0 Å². The lowest BCUT2D eigenvalue weighted by molar-refractivity contribution is 0.370. The number of aromatic nitrogens is 2. The first kappa shape index (κ1) is 11.5. The lowest BCUT2D eigenvalue weighted by Gasteiger charge is -1.94. The molecular formula is C12H12FN3O. The highest BCUT2D eigenvalue weighted by Crippen LogP contribution is 2.16. The largest absolute Gasteiger partial charge is 0.338 e. The molecule has 17 heavy (non-hydrogen) atoms. The molecule has 5 heteroatoms. The highest BCUT2D eigenvalue weighted by atomic mass is 19.1. The molecule has 0 aliphatic rings. The van der Waals surface area contributed by atoms with Gasteiger partial charge in [-0.2, -0.15) is 4.98 Å². The summed E-state index contributed by atoms with van der Waals surface area (Å²) >= 11 is 0. The fourth-order valence-corrected chi connectivity index (χ4v) is 1.35. The highest BCUT2D eigenvalue weighted by Gasteiger charge is 2.08. The molecule has 0 saturated heterocycles. The molecule has 2 rings (SSSR count). The molecule has 2 aromatic rings. The summed E-state index contributed by atoms with van der Waals surface area (Å²) in [5.41, 5.74) is 0.601. The third-order valence-electron chi connectivity index (χ3n) is 2.12. The lowest BCUT2D eigenvalue weighted by Crippen LogP contribution is -2.12. The van der Waals surface area contributed by atoms with Crippen LogP contribution in [-0.2, 0) is 6.54 Å². The van der Waals surface area contributed by atoms with E-state index in [1.54, 1.807) is 18.2 Å². The molecule has 1 N–H and O–H groups in total. The van der Waals surface area contributed by atoms with Crippen molar-refractivity contribution in [1.82, 2.24) is 15.5 Å². The molecule has 1 aromatic carbocycles. The van der Waals surface area contributed by atoms with Gasteiger partial charge in [0.05, 0.1) is 6.54 Å². The van der Waals surface area contributed by atoms with E-state index >= 15 is 0 Å². The van der Waals surface area contributed by atoms with E-state index in [4.69, 9.17) is 4.52 Å². The van der Waals surface area contributed by atoms with Crippen LogP contribution in [0.2, 0.25) is 0 Å². The van der Waals surface area contributed by atoms with Gasteiger partial charge in [0, 0.05) is 12.1 Å². The van der Waals surface area contributed by atoms with Crippen molar-refractivity contribution in [3.63, 3.8) is 0 Å². The predicted molar refractivity (Wildman–Crippen MR) is 61.6 cm³/mol. The topological polar surface area (TPSA) is 51.0 Å². The van der Waals surface area contributed by atoms with Gasteiger partial charge in [0.2, 0.25) is 11.7 Å². The Morgan fingerprint density at radius 3 is 3.12 bits per heavy atom. The SMILES string of the molecule is C=CCNCc1nc(-c2cccc(F)c2)no1. The van der Waals surface area contributed by atoms with E-state index in [-0.39, 0.29) is 5.82 Å². The van der Waals surface area contributed by atoms with Crippen molar-refractivity contribution in [2.75, 3.05) is 6.54 Å². The van der Waals surface area contributed by atoms with Crippen LogP contribution in [0.25, 0.3) is 11.4 Å². The average Bonchev–Trinajstić information content (AvgIpc) is 2.78. The Morgan fingerprint density at radius 1 is 1.47 bits per heavy atom. The number of halogens is 1. The molecule has 0 radical (unpaired) electrons. The van der Waals surface area contributed by atoms with E-state index in [2.05, 4.69) is 22.0 Å². The van der Waals surface area contributed by atoms with Gasteiger partial charge in [-0.15, -0.1) is 6.58 Å². The van der Waals surface area contributed by atoms with E-state index in [0.29, 0.717) is 30.4 Å². The molecule has 0 amide bonds. The van der Waals surface area contributed by atoms with Crippen molar-refractivity contribution in [2.24, 2.45) is 0 Å². The number of hydrogen-bond donors (Lipinski definition) is 1. The summed E-state index contributed by atoms with van der Waals surface area (Å²) in [5, 5.41) is 6.83. The molecule has 0 unspecified atom stereocenters. The van der Waals surface area contributed by atoms with Crippen molar-refractivity contribution in [3.05, 3.63) is 48.6 Å². The fourth-order valence-electron chi connectivity index (χ4n) is 1.35. The lowest BCUT2D eigenvalue weighted by atomic mass is 10.2. The van der Waals surface area contributed by atoms with Gasteiger partial charge in [-0.05, 0) is 12.1 Å². The normalized spacial score (nSPS) is 10.4. The zero-order chi connectivity index (χ0) is 12.1. The van der Waals surface area contributed by atoms with Crippen LogP contribution < -0.4 is 5.32 Å². The minimum atomic E-state index is -0.321. The summed E-state index contributed by atoms with van der Waals surface area (Å²) in [5.74, 6) is 0.532. The summed E-state index contributed by atoms with van der Waals surface area (Å²) in [7, 11) is 0. The second-order valence-electron chi connectivity index (χ2n) is 3.44. The molecule has 0 aliphatic heterocycles. The Morgan fingerprint density at radius 2 is 2.35 bits per heavy atom. The minimum absolute atomic E-state index is 0.321. The summed E-state index contributed by atoms with van der Waals surface area (Å²) in [6.07, 6.45) is 1.74. The molecule has 1 aromatic heterocycles. The third kappa shape index (κ3) is 2.98. The van der Waals surface area contributed by atoms with E-state index in [1.807, 2.05) is 0 Å². The van der Waals surface area contributed by atoms with Crippen molar-refractivity contribution in [3.8, 4) is 11.4 Å². The third-order valence-corrected chi connectivity index (χ3v) is 2.12. The maximum atomic E-state index is 13.0. The Kier molecular flexibility index (Phi) is 3.62. The molecule has 0 fully saturated rings. The number of nitrogens with zero attached hydrogens (tertiary/aromatic N) is 2. The van der Waals surface area contributed by atoms with E-state index in [0.717, 1.165) is 0 Å². The second kappa shape index (κ2) is 5.36. The van der Waals surface area contributed by atoms with Crippen LogP contribution in [0.4, 0.5) is 4.39 Å². The Balaban J connectivity index is 2.10. The Bertz CT molecular complexity index is 510. The quantitative estimate of drug-likeness (QED) is 0.635. The van der Waals surface area contributed by atoms with E-state index in [9.17, 15) is 4.39 Å². The number of hydrogen-bond acceptors (Lipinski definition) is 4. The zero-order valence-electron chi connectivity index (χ0n) is 9.19. The average molecular weight is 233 g/mol. The monoisotopic (exact) mass is 233 g/mol. The molecule has 0 spiro atoms. The van der Waals surface area contributed by atoms with E-state index < -0.39 is 0 Å². The van der Waals surface area contributed by atoms with Gasteiger partial charge in [0.15, 0.2) is 0 Å². The molecule has 0 bridgehead atoms. The maximum Gasteiger partial charge on any atom is 0.240 e. The van der Waals surface area contributed by atoms with Crippen LogP contribution in [0.3, 0.4) is 0 Å². The number of rotatable bonds is 5. The predicted octanol–water partition coefficient (Wildman–Crippen LogP) is 2.15. The number of benzene rings is 1. The molecule has 0 aliphatic carbocycles. The van der Waals surface area contributed by atoms with Crippen LogP contribution in [0.1, 0.15) is 5.89 Å². The number of nitrogens with one attached hydrogen (secondary N) is 1. The molecule has 4 nitrogen and oxygen atoms in total. The van der Waals surface area contributed by atoms with Gasteiger partial charge in [0.25, 0.3) is 0 Å². The highest BCUT2D eigenvalue weighted by molar-refractivity contribution is 5.53. The van der Waals surface area contributed by atoms with Gasteiger partial charge in [-0.1, -0.05) is 23.4 Å². The summed E-state index contributed by atoms with van der Waals surface area (Å²) in [6.45, 7) is 4.71.